The van der Waals surface area contributed by atoms with E-state index in [1.165, 1.54) is 19.3 Å². The summed E-state index contributed by atoms with van der Waals surface area (Å²) in [7, 11) is 1.43. The highest BCUT2D eigenvalue weighted by molar-refractivity contribution is 8.18. The number of ether oxygens (including phenoxy) is 1. The second-order valence-electron chi connectivity index (χ2n) is 6.06. The summed E-state index contributed by atoms with van der Waals surface area (Å²) in [5, 5.41) is 12.0. The molecule has 0 saturated carbocycles. The smallest absolute Gasteiger partial charge is 0.294 e. The van der Waals surface area contributed by atoms with E-state index in [-0.39, 0.29) is 17.2 Å². The second kappa shape index (κ2) is 8.18. The number of thioether (sulfide) groups is 1. The molecule has 7 nitrogen and oxygen atoms in total. The molecule has 1 saturated heterocycles. The predicted molar refractivity (Wildman–Crippen MR) is 107 cm³/mol. The fraction of sp³-hybridized carbons (Fsp3) is 0.150. The molecular formula is C20H18N2O5S. The Bertz CT molecular complexity index is 986. The Hall–Kier alpha value is -3.26. The number of para-hydroxylation sites is 1. The first-order valence-electron chi connectivity index (χ1n) is 8.37. The first-order chi connectivity index (χ1) is 13.4. The Kier molecular flexibility index (Phi) is 5.70. The summed E-state index contributed by atoms with van der Waals surface area (Å²) in [4.78, 5) is 38.1. The van der Waals surface area contributed by atoms with Crippen LogP contribution in [-0.2, 0) is 9.59 Å². The first-order valence-corrected chi connectivity index (χ1v) is 9.18. The molecule has 1 heterocycles. The summed E-state index contributed by atoms with van der Waals surface area (Å²) in [5.74, 6) is -0.781. The topological polar surface area (TPSA) is 95.9 Å². The number of phenolic OH excluding ortho intramolecular Hbond substituents is 1. The van der Waals surface area contributed by atoms with E-state index in [4.69, 9.17) is 4.74 Å². The van der Waals surface area contributed by atoms with Crippen molar-refractivity contribution >= 4 is 40.6 Å². The highest BCUT2D eigenvalue weighted by atomic mass is 32.2. The highest BCUT2D eigenvalue weighted by Crippen LogP contribution is 2.34. The lowest BCUT2D eigenvalue weighted by molar-refractivity contribution is -0.127. The quantitative estimate of drug-likeness (QED) is 0.750. The van der Waals surface area contributed by atoms with E-state index in [1.807, 2.05) is 19.1 Å². The molecule has 28 heavy (non-hydrogen) atoms. The van der Waals surface area contributed by atoms with Gasteiger partial charge in [-0.15, -0.1) is 0 Å². The van der Waals surface area contributed by atoms with Crippen molar-refractivity contribution in [1.82, 2.24) is 4.90 Å². The molecule has 0 atom stereocenters. The van der Waals surface area contributed by atoms with Gasteiger partial charge in [0.2, 0.25) is 5.91 Å². The van der Waals surface area contributed by atoms with Crippen molar-refractivity contribution in [2.45, 2.75) is 6.92 Å². The summed E-state index contributed by atoms with van der Waals surface area (Å²) in [5.41, 5.74) is 2.04. The van der Waals surface area contributed by atoms with Crippen LogP contribution in [0.15, 0.2) is 47.4 Å². The Morgan fingerprint density at radius 3 is 2.68 bits per heavy atom. The van der Waals surface area contributed by atoms with Gasteiger partial charge in [-0.25, -0.2) is 0 Å². The number of benzene rings is 2. The molecule has 0 radical (unpaired) electrons. The molecule has 2 aromatic rings. The lowest BCUT2D eigenvalue weighted by atomic mass is 10.2. The van der Waals surface area contributed by atoms with Gasteiger partial charge in [0.1, 0.15) is 6.54 Å². The third kappa shape index (κ3) is 4.17. The van der Waals surface area contributed by atoms with Gasteiger partial charge in [-0.05, 0) is 54.1 Å². The monoisotopic (exact) mass is 398 g/mol. The van der Waals surface area contributed by atoms with Crippen LogP contribution in [-0.4, -0.2) is 40.7 Å². The van der Waals surface area contributed by atoms with Crippen LogP contribution in [0.1, 0.15) is 11.1 Å². The summed E-state index contributed by atoms with van der Waals surface area (Å²) in [6.45, 7) is 1.48. The number of rotatable bonds is 5. The molecule has 1 aliphatic rings. The summed E-state index contributed by atoms with van der Waals surface area (Å²) in [6.07, 6.45) is 1.49. The zero-order chi connectivity index (χ0) is 20.3. The fourth-order valence-corrected chi connectivity index (χ4v) is 3.47. The van der Waals surface area contributed by atoms with Crippen molar-refractivity contribution < 1.29 is 24.2 Å². The lowest BCUT2D eigenvalue weighted by Gasteiger charge is -2.13. The molecule has 0 bridgehead atoms. The molecule has 0 spiro atoms. The van der Waals surface area contributed by atoms with Crippen LogP contribution in [0.2, 0.25) is 0 Å². The average molecular weight is 398 g/mol. The van der Waals surface area contributed by atoms with Crippen LogP contribution in [0.4, 0.5) is 10.5 Å². The Morgan fingerprint density at radius 1 is 1.25 bits per heavy atom. The molecule has 8 heteroatoms. The minimum Gasteiger partial charge on any atom is -0.504 e. The van der Waals surface area contributed by atoms with Gasteiger partial charge in [0.15, 0.2) is 11.5 Å². The zero-order valence-electron chi connectivity index (χ0n) is 15.3. The van der Waals surface area contributed by atoms with Crippen LogP contribution in [0.25, 0.3) is 6.08 Å². The van der Waals surface area contributed by atoms with Gasteiger partial charge in [-0.3, -0.25) is 19.3 Å². The van der Waals surface area contributed by atoms with Crippen molar-refractivity contribution in [1.29, 1.82) is 0 Å². The maximum Gasteiger partial charge on any atom is 0.294 e. The molecule has 1 fully saturated rings. The Labute approximate surface area is 166 Å². The van der Waals surface area contributed by atoms with Crippen LogP contribution in [0, 0.1) is 6.92 Å². The first kappa shape index (κ1) is 19.5. The number of aromatic hydroxyl groups is 1. The number of nitrogens with zero attached hydrogens (tertiary/aromatic N) is 1. The van der Waals surface area contributed by atoms with Crippen LogP contribution in [0.5, 0.6) is 11.5 Å². The fourth-order valence-electron chi connectivity index (χ4n) is 2.63. The highest BCUT2D eigenvalue weighted by Gasteiger charge is 2.36. The van der Waals surface area contributed by atoms with Gasteiger partial charge in [-0.1, -0.05) is 24.3 Å². The van der Waals surface area contributed by atoms with Crippen molar-refractivity contribution in [3.05, 3.63) is 58.5 Å². The maximum absolute atomic E-state index is 12.5. The van der Waals surface area contributed by atoms with E-state index in [0.717, 1.165) is 22.2 Å². The zero-order valence-corrected chi connectivity index (χ0v) is 16.1. The summed E-state index contributed by atoms with van der Waals surface area (Å²) < 4.78 is 4.98. The molecule has 2 aromatic carbocycles. The van der Waals surface area contributed by atoms with Crippen LogP contribution >= 0.6 is 11.8 Å². The van der Waals surface area contributed by atoms with Gasteiger partial charge in [0.05, 0.1) is 12.0 Å². The van der Waals surface area contributed by atoms with Gasteiger partial charge in [0, 0.05) is 5.69 Å². The molecule has 2 N–H and O–H groups in total. The summed E-state index contributed by atoms with van der Waals surface area (Å²) >= 11 is 0.750. The number of hydrogen-bond acceptors (Lipinski definition) is 6. The maximum atomic E-state index is 12.5. The molecule has 3 rings (SSSR count). The largest absolute Gasteiger partial charge is 0.504 e. The van der Waals surface area contributed by atoms with Crippen molar-refractivity contribution in [3.8, 4) is 11.5 Å². The molecule has 144 valence electrons. The minimum absolute atomic E-state index is 0.0758. The van der Waals surface area contributed by atoms with Crippen molar-refractivity contribution in [2.24, 2.45) is 0 Å². The summed E-state index contributed by atoms with van der Waals surface area (Å²) in [6, 6.07) is 11.9. The number of anilines is 1. The number of hydrogen-bond donors (Lipinski definition) is 2. The normalized spacial score (nSPS) is 15.2. The van der Waals surface area contributed by atoms with E-state index in [1.54, 1.807) is 24.3 Å². The average Bonchev–Trinajstić information content (AvgIpc) is 2.91. The van der Waals surface area contributed by atoms with Gasteiger partial charge in [-0.2, -0.15) is 0 Å². The van der Waals surface area contributed by atoms with Gasteiger partial charge in [0.25, 0.3) is 11.1 Å². The molecule has 1 aliphatic heterocycles. The number of imide groups is 1. The Morgan fingerprint density at radius 2 is 2.00 bits per heavy atom. The van der Waals surface area contributed by atoms with Crippen molar-refractivity contribution in [3.63, 3.8) is 0 Å². The minimum atomic E-state index is -0.551. The number of carbonyl (C=O) groups is 3. The number of aryl methyl sites for hydroxylation is 1. The second-order valence-corrected chi connectivity index (χ2v) is 7.06. The third-order valence-corrected chi connectivity index (χ3v) is 5.00. The number of methoxy groups -OCH3 is 1. The van der Waals surface area contributed by atoms with E-state index in [9.17, 15) is 19.5 Å². The van der Waals surface area contributed by atoms with Gasteiger partial charge < -0.3 is 15.2 Å². The number of carbonyl (C=O) groups excluding carboxylic acids is 3. The standard InChI is InChI=1S/C20H18N2O5S/c1-12-5-3-4-6-14(12)21-18(24)11-22-19(25)17(28-20(22)26)10-13-7-8-16(27-2)15(23)9-13/h3-10,23H,11H2,1-2H3,(H,21,24)/b17-10+. The Balaban J connectivity index is 1.72. The number of nitrogens with one attached hydrogen (secondary N) is 1. The van der Waals surface area contributed by atoms with Crippen molar-refractivity contribution in [2.75, 3.05) is 19.0 Å². The number of phenols is 1. The van der Waals surface area contributed by atoms with E-state index in [2.05, 4.69) is 5.32 Å². The third-order valence-electron chi connectivity index (χ3n) is 4.10. The molecule has 0 aromatic heterocycles. The molecular weight excluding hydrogens is 380 g/mol. The van der Waals surface area contributed by atoms with Crippen LogP contribution < -0.4 is 10.1 Å². The van der Waals surface area contributed by atoms with Gasteiger partial charge >= 0.3 is 0 Å². The molecule has 3 amide bonds. The predicted octanol–water partition coefficient (Wildman–Crippen LogP) is 3.38. The van der Waals surface area contributed by atoms with E-state index >= 15 is 0 Å². The molecule has 0 unspecified atom stereocenters. The SMILES string of the molecule is COc1ccc(/C=C2/SC(=O)N(CC(=O)Nc3ccccc3C)C2=O)cc1O. The van der Waals surface area contributed by atoms with E-state index < -0.39 is 17.1 Å². The van der Waals surface area contributed by atoms with E-state index in [0.29, 0.717) is 17.0 Å². The van der Waals surface area contributed by atoms with Crippen LogP contribution in [0.3, 0.4) is 0 Å². The molecule has 0 aliphatic carbocycles. The lowest BCUT2D eigenvalue weighted by Crippen LogP contribution is -2.36. The number of amides is 3.